The number of nitro groups is 2. The van der Waals surface area contributed by atoms with Crippen molar-refractivity contribution in [2.24, 2.45) is 0 Å². The molecule has 47 heavy (non-hydrogen) atoms. The van der Waals surface area contributed by atoms with Gasteiger partial charge >= 0.3 is 23.5 Å². The molecule has 26 nitrogen and oxygen atoms in total. The third kappa shape index (κ3) is 8.79. The number of fused-ring (bicyclic) bond motifs is 1. The molecule has 1 aliphatic heterocycles. The third-order valence-electron chi connectivity index (χ3n) is 6.03. The van der Waals surface area contributed by atoms with Crippen molar-refractivity contribution in [1.29, 1.82) is 0 Å². The maximum atomic E-state index is 12.1. The summed E-state index contributed by atoms with van der Waals surface area (Å²) in [6.07, 6.45) is -5.85. The molecule has 6 atom stereocenters. The Morgan fingerprint density at radius 3 is 2.30 bits per heavy atom. The molecule has 29 heteroatoms. The van der Waals surface area contributed by atoms with Gasteiger partial charge in [0.25, 0.3) is 11.4 Å². The number of non-ortho nitro benzene ring substituents is 1. The number of rotatable bonds is 15. The molecule has 0 radical (unpaired) electrons. The largest absolute Gasteiger partial charge is 0.490 e. The highest BCUT2D eigenvalue weighted by molar-refractivity contribution is 7.66. The maximum Gasteiger partial charge on any atom is 0.490 e. The second kappa shape index (κ2) is 13.8. The molecule has 4 rings (SSSR count). The van der Waals surface area contributed by atoms with E-state index in [2.05, 4.69) is 38.7 Å². The van der Waals surface area contributed by atoms with Crippen LogP contribution in [0.25, 0.3) is 11.2 Å². The van der Waals surface area contributed by atoms with Crippen molar-refractivity contribution < 1.29 is 71.2 Å². The van der Waals surface area contributed by atoms with Crippen LogP contribution in [0.2, 0.25) is 0 Å². The Balaban J connectivity index is 1.50. The van der Waals surface area contributed by atoms with Gasteiger partial charge in [-0.15, -0.1) is 0 Å². The summed E-state index contributed by atoms with van der Waals surface area (Å²) in [5.41, 5.74) is 4.76. The minimum atomic E-state index is -5.83. The van der Waals surface area contributed by atoms with Crippen LogP contribution in [-0.4, -0.2) is 97.2 Å². The first-order valence-electron chi connectivity index (χ1n) is 12.5. The van der Waals surface area contributed by atoms with E-state index >= 15 is 0 Å². The van der Waals surface area contributed by atoms with Gasteiger partial charge in [-0.25, -0.2) is 28.6 Å². The molecule has 0 saturated carbocycles. The number of aliphatic hydroxyl groups excluding tert-OH is 2. The summed E-state index contributed by atoms with van der Waals surface area (Å²) in [6, 6.07) is 2.99. The van der Waals surface area contributed by atoms with E-state index in [1.165, 1.54) is 0 Å². The highest BCUT2D eigenvalue weighted by Gasteiger charge is 2.47. The molecule has 1 saturated heterocycles. The molecule has 10 N–H and O–H groups in total. The monoisotopic (exact) mass is 731 g/mol. The van der Waals surface area contributed by atoms with Gasteiger partial charge < -0.3 is 50.9 Å². The Labute approximate surface area is 259 Å². The number of nitrogens with two attached hydrogens (primary N) is 1. The van der Waals surface area contributed by atoms with Crippen molar-refractivity contribution in [3.05, 3.63) is 44.8 Å². The molecule has 1 aromatic carbocycles. The zero-order chi connectivity index (χ0) is 34.9. The lowest BCUT2D eigenvalue weighted by molar-refractivity contribution is -0.393. The van der Waals surface area contributed by atoms with E-state index in [0.717, 1.165) is 29.1 Å². The lowest BCUT2D eigenvalue weighted by Gasteiger charge is -2.20. The molecule has 3 heterocycles. The van der Waals surface area contributed by atoms with Crippen LogP contribution in [0.4, 0.5) is 28.8 Å². The summed E-state index contributed by atoms with van der Waals surface area (Å²) in [6.45, 7) is -1.18. The van der Waals surface area contributed by atoms with Gasteiger partial charge in [-0.3, -0.25) is 29.3 Å². The average Bonchev–Trinajstić information content (AvgIpc) is 3.44. The molecule has 258 valence electrons. The van der Waals surface area contributed by atoms with E-state index < -0.39 is 75.8 Å². The number of imidazole rings is 1. The molecule has 0 aliphatic carbocycles. The second-order valence-corrected chi connectivity index (χ2v) is 13.7. The van der Waals surface area contributed by atoms with E-state index in [0.29, 0.717) is 0 Å². The summed E-state index contributed by atoms with van der Waals surface area (Å²) in [4.78, 5) is 69.2. The number of phosphoric acid groups is 3. The van der Waals surface area contributed by atoms with Crippen LogP contribution in [0.5, 0.6) is 0 Å². The minimum absolute atomic E-state index is 0.00373. The third-order valence-corrected chi connectivity index (χ3v) is 9.83. The molecule has 0 amide bonds. The number of phosphoric ester groups is 1. The molecule has 0 spiro atoms. The van der Waals surface area contributed by atoms with Crippen LogP contribution in [0, 0.1) is 20.2 Å². The van der Waals surface area contributed by atoms with Crippen molar-refractivity contribution >= 4 is 63.5 Å². The first kappa shape index (κ1) is 36.1. The normalized spacial score (nSPS) is 22.4. The van der Waals surface area contributed by atoms with Crippen LogP contribution in [0.3, 0.4) is 0 Å². The Morgan fingerprint density at radius 2 is 1.66 bits per heavy atom. The van der Waals surface area contributed by atoms with Crippen molar-refractivity contribution in [2.45, 2.75) is 24.5 Å². The number of aliphatic hydroxyl groups is 2. The number of nitro benzene ring substituents is 2. The Bertz CT molecular complexity index is 1820. The van der Waals surface area contributed by atoms with Crippen LogP contribution in [0.15, 0.2) is 24.5 Å². The Morgan fingerprint density at radius 1 is 0.979 bits per heavy atom. The van der Waals surface area contributed by atoms with Crippen molar-refractivity contribution in [1.82, 2.24) is 19.5 Å². The summed E-state index contributed by atoms with van der Waals surface area (Å²) in [7, 11) is -17.1. The SMILES string of the molecule is Nc1ncnc2c1nc(NCCNc1ccc([N+](=O)[O-])cc1[N+](=O)[O-])n2[C@@H]1O[C@H](COP(=O)(O)OP(=O)(O)OP(=O)(O)O)[C@@H](O)[C@H]1O. The van der Waals surface area contributed by atoms with Gasteiger partial charge in [0, 0.05) is 19.2 Å². The zero-order valence-corrected chi connectivity index (χ0v) is 25.7. The molecule has 2 unspecified atom stereocenters. The van der Waals surface area contributed by atoms with Gasteiger partial charge in [0.1, 0.15) is 30.3 Å². The van der Waals surface area contributed by atoms with Gasteiger partial charge in [-0.05, 0) is 6.07 Å². The van der Waals surface area contributed by atoms with Gasteiger partial charge in [0.05, 0.1) is 22.5 Å². The molecule has 1 aliphatic rings. The Kier molecular flexibility index (Phi) is 10.6. The lowest BCUT2D eigenvalue weighted by atomic mass is 10.1. The van der Waals surface area contributed by atoms with Crippen LogP contribution < -0.4 is 16.4 Å². The molecular weight excluding hydrogens is 707 g/mol. The van der Waals surface area contributed by atoms with Crippen LogP contribution in [-0.2, 0) is 31.6 Å². The van der Waals surface area contributed by atoms with Crippen molar-refractivity contribution in [3.63, 3.8) is 0 Å². The van der Waals surface area contributed by atoms with Crippen molar-refractivity contribution in [3.8, 4) is 0 Å². The summed E-state index contributed by atoms with van der Waals surface area (Å²) < 4.78 is 52.9. The molecule has 1 fully saturated rings. The fourth-order valence-electron chi connectivity index (χ4n) is 4.15. The first-order chi connectivity index (χ1) is 21.8. The number of nitrogens with zero attached hydrogens (tertiary/aromatic N) is 6. The number of benzene rings is 1. The van der Waals surface area contributed by atoms with E-state index in [1.54, 1.807) is 0 Å². The second-order valence-electron chi connectivity index (χ2n) is 9.24. The molecule has 2 aromatic heterocycles. The van der Waals surface area contributed by atoms with E-state index in [1.807, 2.05) is 0 Å². The van der Waals surface area contributed by atoms with E-state index in [-0.39, 0.29) is 41.7 Å². The predicted molar refractivity (Wildman–Crippen MR) is 152 cm³/mol. The predicted octanol–water partition coefficient (Wildman–Crippen LogP) is -0.289. The average molecular weight is 731 g/mol. The van der Waals surface area contributed by atoms with Gasteiger partial charge in [-0.2, -0.15) is 8.62 Å². The standard InChI is InChI=1S/C18H24N9O17P3/c19-15-12-16(23-7-22-15)25(18(24-12)21-4-3-20-9-2-1-8(26(30)31)5-10(9)27(32)33)17-14(29)13(28)11(42-17)6-41-46(37,38)44-47(39,40)43-45(34,35)36/h1-2,5,7,11,13-14,17,20,28-29H,3-4,6H2,(H,21,24)(H,37,38)(H,39,40)(H2,19,22,23)(H2,34,35,36)/t11-,13-,14-,17-/m1/s1. The lowest BCUT2D eigenvalue weighted by Crippen LogP contribution is -2.34. The number of hydrogen-bond donors (Lipinski definition) is 9. The van der Waals surface area contributed by atoms with E-state index in [9.17, 15) is 53.9 Å². The molecule has 3 aromatic rings. The van der Waals surface area contributed by atoms with Crippen LogP contribution in [0.1, 0.15) is 6.23 Å². The number of nitrogen functional groups attached to an aromatic ring is 1. The number of hydrogen-bond acceptors (Lipinski definition) is 19. The van der Waals surface area contributed by atoms with Gasteiger partial charge in [0.2, 0.25) is 5.95 Å². The topological polar surface area (TPSA) is 389 Å². The van der Waals surface area contributed by atoms with Gasteiger partial charge in [0.15, 0.2) is 23.2 Å². The van der Waals surface area contributed by atoms with Crippen LogP contribution >= 0.6 is 23.5 Å². The van der Waals surface area contributed by atoms with E-state index in [4.69, 9.17) is 20.3 Å². The van der Waals surface area contributed by atoms with Crippen molar-refractivity contribution in [2.75, 3.05) is 36.1 Å². The Hall–Kier alpha value is -3.74. The smallest absolute Gasteiger partial charge is 0.387 e. The van der Waals surface area contributed by atoms with Gasteiger partial charge in [-0.1, -0.05) is 0 Å². The number of aromatic nitrogens is 4. The fraction of sp³-hybridized carbons (Fsp3) is 0.389. The minimum Gasteiger partial charge on any atom is -0.387 e. The quantitative estimate of drug-likeness (QED) is 0.0419. The highest BCUT2D eigenvalue weighted by Crippen LogP contribution is 2.66. The fourth-order valence-corrected chi connectivity index (χ4v) is 7.18. The zero-order valence-electron chi connectivity index (χ0n) is 23.0. The maximum absolute atomic E-state index is 12.1. The number of anilines is 3. The molecular formula is C18H24N9O17P3. The highest BCUT2D eigenvalue weighted by atomic mass is 31.3. The number of ether oxygens (including phenoxy) is 1. The first-order valence-corrected chi connectivity index (χ1v) is 17.0. The molecule has 0 bridgehead atoms. The summed E-state index contributed by atoms with van der Waals surface area (Å²) in [5.74, 6) is -0.217. The number of nitrogens with one attached hydrogen (secondary N) is 2. The summed E-state index contributed by atoms with van der Waals surface area (Å²) in [5, 5.41) is 49.3. The summed E-state index contributed by atoms with van der Waals surface area (Å²) >= 11 is 0.